The van der Waals surface area contributed by atoms with Gasteiger partial charge in [-0.15, -0.1) is 0 Å². The number of carbonyl (C=O) groups excluding carboxylic acids is 4. The number of pyridine rings is 2. The summed E-state index contributed by atoms with van der Waals surface area (Å²) in [5.41, 5.74) is 16.1. The fraction of sp³-hybridized carbons (Fsp3) is 0.317. The molecule has 56 heavy (non-hydrogen) atoms. The van der Waals surface area contributed by atoms with Gasteiger partial charge in [0.1, 0.15) is 17.1 Å². The summed E-state index contributed by atoms with van der Waals surface area (Å²) in [6.45, 7) is 0.708. The number of H-pyrrole nitrogens is 1. The average Bonchev–Trinajstić information content (AvgIpc) is 3.62. The Balaban J connectivity index is 1.45. The van der Waals surface area contributed by atoms with E-state index in [1.807, 2.05) is 66.9 Å². The highest BCUT2D eigenvalue weighted by atomic mass is 35.5. The Kier molecular flexibility index (Phi) is 13.7. The highest BCUT2D eigenvalue weighted by Crippen LogP contribution is 2.39. The number of unbranched alkanes of at least 4 members (excludes halogenated alkanes) is 1. The minimum absolute atomic E-state index is 0.0557. The zero-order valence-electron chi connectivity index (χ0n) is 31.1. The maximum atomic E-state index is 14.5. The van der Waals surface area contributed by atoms with Crippen LogP contribution in [-0.2, 0) is 38.7 Å². The Morgan fingerprint density at radius 2 is 1.73 bits per heavy atom. The van der Waals surface area contributed by atoms with Crippen molar-refractivity contribution in [3.05, 3.63) is 107 Å². The van der Waals surface area contributed by atoms with Crippen LogP contribution in [0.25, 0.3) is 22.2 Å². The van der Waals surface area contributed by atoms with Crippen molar-refractivity contribution in [1.82, 2.24) is 35.8 Å². The molecule has 5 aromatic rings. The van der Waals surface area contributed by atoms with Gasteiger partial charge in [0.15, 0.2) is 0 Å². The van der Waals surface area contributed by atoms with Gasteiger partial charge >= 0.3 is 0 Å². The third-order valence-corrected chi connectivity index (χ3v) is 11.5. The SMILES string of the molecule is CN1C(=O)C(CCCCN)NC(=O)C(CCC(N)=O)NCc2cccnc2Sc2c(Cl)cc(-c3ccccn3)cc2CNC(=O)C1Cc1c[nH]c2ccccc12. The van der Waals surface area contributed by atoms with Crippen molar-refractivity contribution in [3.63, 3.8) is 0 Å². The first-order chi connectivity index (χ1) is 27.1. The molecule has 4 heterocycles. The van der Waals surface area contributed by atoms with Crippen LogP contribution in [0.3, 0.4) is 0 Å². The molecule has 0 spiro atoms. The standard InChI is InChI=1S/C41H46ClN9O4S/c1-51-35(21-27-23-47-32-12-3-2-10-29(27)32)39(54)49-24-28-19-26(31-11-5-7-17-45-31)20-30(42)37(28)56-40-25(9-8-18-46-40)22-48-33(14-15-36(44)52)38(53)50-34(41(51)55)13-4-6-16-43/h2-3,5,7-12,17-20,23,33-35,47-48H,4,6,13-16,21-22,24,43H2,1H3,(H2,44,52)(H,49,54)(H,50,53). The Bertz CT molecular complexity index is 2180. The number of halogens is 1. The molecule has 3 atom stereocenters. The number of rotatable bonds is 10. The lowest BCUT2D eigenvalue weighted by atomic mass is 10.0. The van der Waals surface area contributed by atoms with Crippen molar-refractivity contribution < 1.29 is 19.2 Å². The van der Waals surface area contributed by atoms with Crippen molar-refractivity contribution >= 4 is 57.9 Å². The largest absolute Gasteiger partial charge is 0.370 e. The molecule has 0 fully saturated rings. The third kappa shape index (κ3) is 9.93. The molecule has 6 rings (SSSR count). The molecule has 3 aromatic heterocycles. The molecule has 0 bridgehead atoms. The Morgan fingerprint density at radius 3 is 2.52 bits per heavy atom. The summed E-state index contributed by atoms with van der Waals surface area (Å²) < 4.78 is 0. The lowest BCUT2D eigenvalue weighted by molar-refractivity contribution is -0.142. The topological polar surface area (TPSA) is 201 Å². The number of primary amides is 1. The summed E-state index contributed by atoms with van der Waals surface area (Å²) in [5, 5.41) is 11.4. The van der Waals surface area contributed by atoms with Crippen LogP contribution in [0.1, 0.15) is 48.8 Å². The summed E-state index contributed by atoms with van der Waals surface area (Å²) in [5.74, 6) is -1.85. The molecular formula is C41H46ClN9O4S. The number of nitrogens with one attached hydrogen (secondary N) is 4. The second kappa shape index (κ2) is 19.0. The van der Waals surface area contributed by atoms with Crippen LogP contribution in [-0.4, -0.2) is 75.2 Å². The van der Waals surface area contributed by atoms with Gasteiger partial charge in [-0.1, -0.05) is 53.7 Å². The molecule has 4 amide bonds. The first kappa shape index (κ1) is 40.4. The number of hydrogen-bond donors (Lipinski definition) is 6. The second-order valence-electron chi connectivity index (χ2n) is 13.8. The van der Waals surface area contributed by atoms with E-state index < -0.39 is 41.8 Å². The highest BCUT2D eigenvalue weighted by Gasteiger charge is 2.34. The maximum absolute atomic E-state index is 14.5. The Hall–Kier alpha value is -5.28. The number of nitrogens with two attached hydrogens (primary N) is 2. The number of para-hydroxylation sites is 1. The van der Waals surface area contributed by atoms with E-state index in [-0.39, 0.29) is 32.4 Å². The number of carbonyl (C=O) groups is 4. The Labute approximate surface area is 334 Å². The van der Waals surface area contributed by atoms with E-state index in [0.717, 1.165) is 33.2 Å². The molecule has 0 saturated heterocycles. The van der Waals surface area contributed by atoms with Crippen molar-refractivity contribution in [2.24, 2.45) is 11.5 Å². The first-order valence-corrected chi connectivity index (χ1v) is 19.8. The van der Waals surface area contributed by atoms with E-state index in [9.17, 15) is 19.2 Å². The summed E-state index contributed by atoms with van der Waals surface area (Å²) in [7, 11) is 1.59. The van der Waals surface area contributed by atoms with Crippen LogP contribution < -0.4 is 27.4 Å². The average molecular weight is 796 g/mol. The molecule has 2 aromatic carbocycles. The van der Waals surface area contributed by atoms with Gasteiger partial charge < -0.3 is 37.3 Å². The smallest absolute Gasteiger partial charge is 0.245 e. The van der Waals surface area contributed by atoms with E-state index in [2.05, 4.69) is 30.9 Å². The number of hydrogen-bond acceptors (Lipinski definition) is 9. The predicted molar refractivity (Wildman–Crippen MR) is 217 cm³/mol. The minimum Gasteiger partial charge on any atom is -0.370 e. The lowest BCUT2D eigenvalue weighted by Crippen LogP contribution is -2.57. The lowest BCUT2D eigenvalue weighted by Gasteiger charge is -2.32. The normalized spacial score (nSPS) is 18.4. The van der Waals surface area contributed by atoms with Crippen LogP contribution in [0.4, 0.5) is 0 Å². The molecule has 15 heteroatoms. The van der Waals surface area contributed by atoms with E-state index in [1.54, 1.807) is 25.5 Å². The zero-order valence-corrected chi connectivity index (χ0v) is 32.7. The van der Waals surface area contributed by atoms with Crippen LogP contribution >= 0.6 is 23.4 Å². The molecular weight excluding hydrogens is 750 g/mol. The molecule has 0 saturated carbocycles. The monoisotopic (exact) mass is 795 g/mol. The quantitative estimate of drug-likeness (QED) is 0.110. The van der Waals surface area contributed by atoms with E-state index in [4.69, 9.17) is 23.1 Å². The number of aromatic amines is 1. The molecule has 3 unspecified atom stereocenters. The molecule has 1 aliphatic heterocycles. The van der Waals surface area contributed by atoms with Gasteiger partial charge in [-0.25, -0.2) is 4.98 Å². The summed E-state index contributed by atoms with van der Waals surface area (Å²) in [6, 6.07) is 18.0. The van der Waals surface area contributed by atoms with E-state index >= 15 is 0 Å². The van der Waals surface area contributed by atoms with Crippen LogP contribution in [0.15, 0.2) is 95.2 Å². The van der Waals surface area contributed by atoms with Crippen molar-refractivity contribution in [3.8, 4) is 11.3 Å². The molecule has 0 aliphatic carbocycles. The minimum atomic E-state index is -0.976. The van der Waals surface area contributed by atoms with Gasteiger partial charge in [-0.2, -0.15) is 0 Å². The summed E-state index contributed by atoms with van der Waals surface area (Å²) >= 11 is 8.40. The fourth-order valence-electron chi connectivity index (χ4n) is 6.81. The molecule has 8 N–H and O–H groups in total. The molecule has 13 nitrogen and oxygen atoms in total. The maximum Gasteiger partial charge on any atom is 0.245 e. The molecule has 1 aliphatic rings. The number of amides is 4. The van der Waals surface area contributed by atoms with Crippen LogP contribution in [0, 0.1) is 0 Å². The number of fused-ring (bicyclic) bond motifs is 3. The van der Waals surface area contributed by atoms with E-state index in [1.165, 1.54) is 16.7 Å². The summed E-state index contributed by atoms with van der Waals surface area (Å²) in [6.07, 6.45) is 6.95. The van der Waals surface area contributed by atoms with Crippen molar-refractivity contribution in [2.75, 3.05) is 13.6 Å². The number of nitrogens with zero attached hydrogens (tertiary/aromatic N) is 3. The predicted octanol–water partition coefficient (Wildman–Crippen LogP) is 4.47. The number of likely N-dealkylation sites (N-methyl/N-ethyl adjacent to an activating group) is 1. The van der Waals surface area contributed by atoms with Crippen LogP contribution in [0.2, 0.25) is 5.02 Å². The zero-order chi connectivity index (χ0) is 39.6. The third-order valence-electron chi connectivity index (χ3n) is 9.89. The van der Waals surface area contributed by atoms with Gasteiger partial charge in [0.2, 0.25) is 23.6 Å². The number of aromatic nitrogens is 3. The van der Waals surface area contributed by atoms with Crippen LogP contribution in [0.5, 0.6) is 0 Å². The fourth-order valence-corrected chi connectivity index (χ4v) is 8.16. The second-order valence-corrected chi connectivity index (χ2v) is 15.2. The van der Waals surface area contributed by atoms with Gasteiger partial charge in [0.25, 0.3) is 0 Å². The van der Waals surface area contributed by atoms with Crippen molar-refractivity contribution in [2.45, 2.75) is 79.7 Å². The van der Waals surface area contributed by atoms with Crippen molar-refractivity contribution in [1.29, 1.82) is 0 Å². The van der Waals surface area contributed by atoms with Gasteiger partial charge in [0, 0.05) is 72.9 Å². The van der Waals surface area contributed by atoms with Gasteiger partial charge in [-0.05, 0) is 85.3 Å². The molecule has 292 valence electrons. The highest BCUT2D eigenvalue weighted by molar-refractivity contribution is 7.99. The Morgan fingerprint density at radius 1 is 0.929 bits per heavy atom. The summed E-state index contributed by atoms with van der Waals surface area (Å²) in [4.78, 5) is 69.6. The van der Waals surface area contributed by atoms with Gasteiger partial charge in [-0.3, -0.25) is 24.2 Å². The molecule has 0 radical (unpaired) electrons. The number of benzene rings is 2. The van der Waals surface area contributed by atoms with E-state index in [0.29, 0.717) is 46.4 Å². The van der Waals surface area contributed by atoms with Gasteiger partial charge in [0.05, 0.1) is 16.8 Å². The first-order valence-electron chi connectivity index (χ1n) is 18.6.